The standard InChI is InChI=1S/C14H13N3O2S/c1-17(11-12-5-4-8-16-10-12)20(18,19)14-7-3-2-6-13(14)9-15/h2-8,10H,11H2,1H3. The van der Waals surface area contributed by atoms with Crippen molar-refractivity contribution in [2.24, 2.45) is 0 Å². The zero-order valence-electron chi connectivity index (χ0n) is 10.9. The molecule has 20 heavy (non-hydrogen) atoms. The maximum atomic E-state index is 12.5. The van der Waals surface area contributed by atoms with E-state index in [1.54, 1.807) is 36.7 Å². The monoisotopic (exact) mass is 287 g/mol. The van der Waals surface area contributed by atoms with Crippen LogP contribution in [0, 0.1) is 11.3 Å². The molecule has 6 heteroatoms. The summed E-state index contributed by atoms with van der Waals surface area (Å²) in [5.74, 6) is 0. The zero-order valence-corrected chi connectivity index (χ0v) is 11.7. The summed E-state index contributed by atoms with van der Waals surface area (Å²) in [6.07, 6.45) is 3.24. The first-order valence-electron chi connectivity index (χ1n) is 5.90. The van der Waals surface area contributed by atoms with E-state index in [0.29, 0.717) is 0 Å². The summed E-state index contributed by atoms with van der Waals surface area (Å²) in [5, 5.41) is 9.01. The van der Waals surface area contributed by atoms with E-state index in [1.165, 1.54) is 23.5 Å². The van der Waals surface area contributed by atoms with E-state index < -0.39 is 10.0 Å². The van der Waals surface area contributed by atoms with Crippen LogP contribution < -0.4 is 0 Å². The molecule has 0 aliphatic heterocycles. The third kappa shape index (κ3) is 2.85. The summed E-state index contributed by atoms with van der Waals surface area (Å²) in [7, 11) is -2.21. The average Bonchev–Trinajstić information content (AvgIpc) is 2.48. The molecular formula is C14H13N3O2S. The van der Waals surface area contributed by atoms with Gasteiger partial charge in [0.25, 0.3) is 0 Å². The first-order valence-corrected chi connectivity index (χ1v) is 7.34. The predicted octanol–water partition coefficient (Wildman–Crippen LogP) is 1.77. The van der Waals surface area contributed by atoms with Gasteiger partial charge in [-0.05, 0) is 23.8 Å². The zero-order chi connectivity index (χ0) is 14.6. The Bertz CT molecular complexity index is 737. The lowest BCUT2D eigenvalue weighted by Crippen LogP contribution is -2.27. The Labute approximate surface area is 118 Å². The number of nitriles is 1. The van der Waals surface area contributed by atoms with E-state index in [0.717, 1.165) is 5.56 Å². The van der Waals surface area contributed by atoms with Gasteiger partial charge in [-0.15, -0.1) is 0 Å². The molecule has 0 spiro atoms. The number of hydrogen-bond acceptors (Lipinski definition) is 4. The van der Waals surface area contributed by atoms with Crippen LogP contribution >= 0.6 is 0 Å². The van der Waals surface area contributed by atoms with Crippen LogP contribution in [-0.2, 0) is 16.6 Å². The summed E-state index contributed by atoms with van der Waals surface area (Å²) < 4.78 is 26.1. The van der Waals surface area contributed by atoms with Gasteiger partial charge in [0.1, 0.15) is 6.07 Å². The fourth-order valence-electron chi connectivity index (χ4n) is 1.79. The topological polar surface area (TPSA) is 74.1 Å². The molecule has 0 saturated carbocycles. The molecular weight excluding hydrogens is 274 g/mol. The molecule has 0 amide bonds. The van der Waals surface area contributed by atoms with E-state index >= 15 is 0 Å². The first kappa shape index (κ1) is 14.2. The number of rotatable bonds is 4. The number of benzene rings is 1. The molecule has 0 radical (unpaired) electrons. The second-order valence-corrected chi connectivity index (χ2v) is 6.24. The van der Waals surface area contributed by atoms with Crippen LogP contribution in [0.15, 0.2) is 53.7 Å². The summed E-state index contributed by atoms with van der Waals surface area (Å²) in [4.78, 5) is 3.97. The van der Waals surface area contributed by atoms with Gasteiger partial charge in [0, 0.05) is 26.0 Å². The largest absolute Gasteiger partial charge is 0.264 e. The fraction of sp³-hybridized carbons (Fsp3) is 0.143. The van der Waals surface area contributed by atoms with E-state index in [1.807, 2.05) is 6.07 Å². The van der Waals surface area contributed by atoms with Gasteiger partial charge >= 0.3 is 0 Å². The molecule has 1 heterocycles. The highest BCUT2D eigenvalue weighted by atomic mass is 32.2. The minimum Gasteiger partial charge on any atom is -0.264 e. The summed E-state index contributed by atoms with van der Waals surface area (Å²) >= 11 is 0. The average molecular weight is 287 g/mol. The van der Waals surface area contributed by atoms with Crippen LogP contribution in [0.1, 0.15) is 11.1 Å². The molecule has 0 N–H and O–H groups in total. The second-order valence-electron chi connectivity index (χ2n) is 4.23. The minimum absolute atomic E-state index is 0.0221. The Kier molecular flexibility index (Phi) is 4.13. The fourth-order valence-corrected chi connectivity index (χ4v) is 3.08. The number of hydrogen-bond donors (Lipinski definition) is 0. The molecule has 0 bridgehead atoms. The summed E-state index contributed by atoms with van der Waals surface area (Å²) in [5.41, 5.74) is 0.929. The molecule has 0 aliphatic carbocycles. The molecule has 5 nitrogen and oxygen atoms in total. The van der Waals surface area contributed by atoms with E-state index in [-0.39, 0.29) is 17.0 Å². The Morgan fingerprint density at radius 2 is 2.00 bits per heavy atom. The van der Waals surface area contributed by atoms with Gasteiger partial charge in [-0.25, -0.2) is 8.42 Å². The van der Waals surface area contributed by atoms with E-state index in [4.69, 9.17) is 5.26 Å². The van der Waals surface area contributed by atoms with Crippen LogP contribution in [0.25, 0.3) is 0 Å². The smallest absolute Gasteiger partial charge is 0.244 e. The Hall–Kier alpha value is -2.23. The Balaban J connectivity index is 2.33. The van der Waals surface area contributed by atoms with E-state index in [9.17, 15) is 8.42 Å². The first-order chi connectivity index (χ1) is 9.55. The van der Waals surface area contributed by atoms with E-state index in [2.05, 4.69) is 4.98 Å². The van der Waals surface area contributed by atoms with Crippen molar-refractivity contribution in [2.75, 3.05) is 7.05 Å². The van der Waals surface area contributed by atoms with Crippen molar-refractivity contribution in [1.82, 2.24) is 9.29 Å². The molecule has 0 saturated heterocycles. The van der Waals surface area contributed by atoms with Crippen LogP contribution in [0.3, 0.4) is 0 Å². The van der Waals surface area contributed by atoms with Crippen molar-refractivity contribution in [3.8, 4) is 6.07 Å². The SMILES string of the molecule is CN(Cc1cccnc1)S(=O)(=O)c1ccccc1C#N. The van der Waals surface area contributed by atoms with Gasteiger partial charge in [0.05, 0.1) is 10.5 Å². The molecule has 0 fully saturated rings. The van der Waals surface area contributed by atoms with Gasteiger partial charge in [-0.2, -0.15) is 9.57 Å². The van der Waals surface area contributed by atoms with Gasteiger partial charge < -0.3 is 0 Å². The Morgan fingerprint density at radius 3 is 2.65 bits per heavy atom. The highest BCUT2D eigenvalue weighted by Crippen LogP contribution is 2.19. The quantitative estimate of drug-likeness (QED) is 0.859. The summed E-state index contributed by atoms with van der Waals surface area (Å²) in [6.45, 7) is 0.204. The van der Waals surface area contributed by atoms with Crippen molar-refractivity contribution < 1.29 is 8.42 Å². The predicted molar refractivity (Wildman–Crippen MR) is 74.0 cm³/mol. The van der Waals surface area contributed by atoms with Crippen LogP contribution in [-0.4, -0.2) is 24.8 Å². The van der Waals surface area contributed by atoms with Crippen molar-refractivity contribution in [3.05, 3.63) is 59.9 Å². The lowest BCUT2D eigenvalue weighted by atomic mass is 10.2. The maximum absolute atomic E-state index is 12.5. The highest BCUT2D eigenvalue weighted by molar-refractivity contribution is 7.89. The third-order valence-corrected chi connectivity index (χ3v) is 4.69. The van der Waals surface area contributed by atoms with Crippen LogP contribution in [0.5, 0.6) is 0 Å². The molecule has 2 rings (SSSR count). The lowest BCUT2D eigenvalue weighted by Gasteiger charge is -2.17. The van der Waals surface area contributed by atoms with Gasteiger partial charge in [-0.3, -0.25) is 4.98 Å². The molecule has 1 aromatic heterocycles. The number of aromatic nitrogens is 1. The molecule has 0 aliphatic rings. The molecule has 2 aromatic rings. The maximum Gasteiger partial charge on any atom is 0.244 e. The van der Waals surface area contributed by atoms with Crippen molar-refractivity contribution in [2.45, 2.75) is 11.4 Å². The Morgan fingerprint density at radius 1 is 1.25 bits per heavy atom. The van der Waals surface area contributed by atoms with Crippen molar-refractivity contribution in [3.63, 3.8) is 0 Å². The summed E-state index contributed by atoms with van der Waals surface area (Å²) in [6, 6.07) is 11.6. The number of sulfonamides is 1. The second kappa shape index (κ2) is 5.82. The highest BCUT2D eigenvalue weighted by Gasteiger charge is 2.23. The van der Waals surface area contributed by atoms with Gasteiger partial charge in [0.15, 0.2) is 0 Å². The van der Waals surface area contributed by atoms with Crippen LogP contribution in [0.2, 0.25) is 0 Å². The molecule has 102 valence electrons. The van der Waals surface area contributed by atoms with Gasteiger partial charge in [-0.1, -0.05) is 18.2 Å². The lowest BCUT2D eigenvalue weighted by molar-refractivity contribution is 0.466. The third-order valence-electron chi connectivity index (χ3n) is 2.82. The molecule has 0 unspecified atom stereocenters. The van der Waals surface area contributed by atoms with Crippen molar-refractivity contribution >= 4 is 10.0 Å². The normalized spacial score (nSPS) is 11.2. The van der Waals surface area contributed by atoms with Gasteiger partial charge in [0.2, 0.25) is 10.0 Å². The molecule has 0 atom stereocenters. The number of nitrogens with zero attached hydrogens (tertiary/aromatic N) is 3. The van der Waals surface area contributed by atoms with Crippen LogP contribution in [0.4, 0.5) is 0 Å². The van der Waals surface area contributed by atoms with Crippen molar-refractivity contribution in [1.29, 1.82) is 5.26 Å². The minimum atomic E-state index is -3.70. The number of pyridine rings is 1. The molecule has 1 aromatic carbocycles.